The Kier molecular flexibility index (Phi) is 6.55. The summed E-state index contributed by atoms with van der Waals surface area (Å²) >= 11 is 8.91. The number of halogens is 1. The molecule has 1 amide bonds. The summed E-state index contributed by atoms with van der Waals surface area (Å²) in [5.74, 6) is 0.302. The Bertz CT molecular complexity index is 1090. The van der Waals surface area contributed by atoms with Gasteiger partial charge in [-0.1, -0.05) is 65.0 Å². The van der Waals surface area contributed by atoms with Gasteiger partial charge in [0.25, 0.3) is 5.91 Å². The number of amides is 1. The fourth-order valence-corrected chi connectivity index (χ4v) is 4.70. The molecule has 0 aliphatic rings. The maximum atomic E-state index is 12.4. The van der Waals surface area contributed by atoms with Gasteiger partial charge in [0, 0.05) is 11.4 Å². The van der Waals surface area contributed by atoms with Gasteiger partial charge in [0.05, 0.1) is 16.8 Å². The maximum Gasteiger partial charge on any atom is 0.259 e. The lowest BCUT2D eigenvalue weighted by molar-refractivity contribution is 0.102. The third-order valence-corrected chi connectivity index (χ3v) is 6.31. The number of hydrogen-bond donors (Lipinski definition) is 2. The van der Waals surface area contributed by atoms with Crippen molar-refractivity contribution < 1.29 is 13.2 Å². The molecule has 2 N–H and O–H groups in total. The van der Waals surface area contributed by atoms with Crippen LogP contribution in [-0.2, 0) is 15.8 Å². The van der Waals surface area contributed by atoms with E-state index in [2.05, 4.69) is 20.2 Å². The first-order chi connectivity index (χ1) is 13.3. The minimum Gasteiger partial charge on any atom is -0.296 e. The average Bonchev–Trinajstić information content (AvgIpc) is 3.07. The van der Waals surface area contributed by atoms with E-state index in [0.717, 1.165) is 16.3 Å². The van der Waals surface area contributed by atoms with E-state index in [1.807, 2.05) is 30.3 Å². The van der Waals surface area contributed by atoms with Crippen LogP contribution in [-0.4, -0.2) is 30.8 Å². The third-order valence-electron chi connectivity index (χ3n) is 3.35. The highest BCUT2D eigenvalue weighted by atomic mass is 35.5. The van der Waals surface area contributed by atoms with Crippen LogP contribution in [0.25, 0.3) is 0 Å². The molecule has 7 nitrogen and oxygen atoms in total. The van der Waals surface area contributed by atoms with Crippen molar-refractivity contribution in [1.82, 2.24) is 10.2 Å². The van der Waals surface area contributed by atoms with Gasteiger partial charge in [-0.15, -0.1) is 10.2 Å². The van der Waals surface area contributed by atoms with Crippen molar-refractivity contribution >= 4 is 61.4 Å². The molecule has 0 unspecified atom stereocenters. The van der Waals surface area contributed by atoms with Gasteiger partial charge in [0.2, 0.25) is 15.2 Å². The molecule has 0 bridgehead atoms. The molecule has 1 aromatic heterocycles. The summed E-state index contributed by atoms with van der Waals surface area (Å²) < 4.78 is 25.6. The molecule has 0 radical (unpaired) electrons. The number of aromatic nitrogens is 2. The number of anilines is 2. The van der Waals surface area contributed by atoms with E-state index in [0.29, 0.717) is 5.13 Å². The Hall–Kier alpha value is -2.14. The van der Waals surface area contributed by atoms with Gasteiger partial charge >= 0.3 is 0 Å². The average molecular weight is 455 g/mol. The molecule has 0 saturated heterocycles. The Morgan fingerprint density at radius 2 is 1.93 bits per heavy atom. The minimum absolute atomic E-state index is 0.120. The van der Waals surface area contributed by atoms with Gasteiger partial charge in [-0.3, -0.25) is 14.8 Å². The molecule has 0 spiro atoms. The van der Waals surface area contributed by atoms with Crippen LogP contribution in [0.15, 0.2) is 52.9 Å². The van der Waals surface area contributed by atoms with E-state index in [1.54, 1.807) is 0 Å². The number of thioether (sulfide) groups is 1. The van der Waals surface area contributed by atoms with Crippen LogP contribution in [0.2, 0.25) is 5.02 Å². The molecule has 28 heavy (non-hydrogen) atoms. The number of nitrogens with one attached hydrogen (secondary N) is 2. The zero-order valence-corrected chi connectivity index (χ0v) is 17.8. The number of benzene rings is 2. The van der Waals surface area contributed by atoms with Crippen molar-refractivity contribution in [1.29, 1.82) is 0 Å². The second kappa shape index (κ2) is 8.91. The summed E-state index contributed by atoms with van der Waals surface area (Å²) in [5, 5.41) is 11.2. The first-order valence-electron chi connectivity index (χ1n) is 7.89. The second-order valence-corrected chi connectivity index (χ2v) is 10.0. The smallest absolute Gasteiger partial charge is 0.259 e. The lowest BCUT2D eigenvalue weighted by Gasteiger charge is -2.07. The number of nitrogens with zero attached hydrogens (tertiary/aromatic N) is 2. The van der Waals surface area contributed by atoms with Crippen LogP contribution in [0.4, 0.5) is 10.8 Å². The Morgan fingerprint density at radius 1 is 1.18 bits per heavy atom. The predicted molar refractivity (Wildman–Crippen MR) is 114 cm³/mol. The quantitative estimate of drug-likeness (QED) is 0.411. The fraction of sp³-hybridized carbons (Fsp3) is 0.118. The van der Waals surface area contributed by atoms with Crippen LogP contribution in [0.1, 0.15) is 15.9 Å². The summed E-state index contributed by atoms with van der Waals surface area (Å²) in [5.41, 5.74) is 1.65. The van der Waals surface area contributed by atoms with E-state index in [9.17, 15) is 13.2 Å². The summed E-state index contributed by atoms with van der Waals surface area (Å²) in [6.07, 6.45) is 1.03. The zero-order valence-electron chi connectivity index (χ0n) is 14.5. The summed E-state index contributed by atoms with van der Waals surface area (Å²) in [7, 11) is -3.43. The highest BCUT2D eigenvalue weighted by molar-refractivity contribution is 8.00. The van der Waals surface area contributed by atoms with Crippen molar-refractivity contribution in [3.05, 3.63) is 64.7 Å². The van der Waals surface area contributed by atoms with Crippen LogP contribution < -0.4 is 10.0 Å². The number of carbonyl (C=O) groups excluding carboxylic acids is 1. The Morgan fingerprint density at radius 3 is 2.61 bits per heavy atom. The molecule has 0 fully saturated rings. The summed E-state index contributed by atoms with van der Waals surface area (Å²) in [4.78, 5) is 12.4. The first-order valence-corrected chi connectivity index (χ1v) is 12.0. The standard InChI is InChI=1S/C17H15ClN4O3S3/c1-28(24,25)22-12-7-8-13(14(18)9-12)15(23)19-16-20-21-17(27-16)26-10-11-5-3-2-4-6-11/h2-9,22H,10H2,1H3,(H,19,20,23). The number of hydrogen-bond acceptors (Lipinski definition) is 7. The monoisotopic (exact) mass is 454 g/mol. The fourth-order valence-electron chi connectivity index (χ4n) is 2.18. The molecule has 1 heterocycles. The molecular formula is C17H15ClN4O3S3. The highest BCUT2D eigenvalue weighted by Gasteiger charge is 2.15. The van der Waals surface area contributed by atoms with Gasteiger partial charge < -0.3 is 0 Å². The molecule has 3 aromatic rings. The van der Waals surface area contributed by atoms with Gasteiger partial charge in [-0.2, -0.15) is 0 Å². The minimum atomic E-state index is -3.43. The van der Waals surface area contributed by atoms with Gasteiger partial charge in [0.15, 0.2) is 4.34 Å². The van der Waals surface area contributed by atoms with Crippen molar-refractivity contribution in [2.45, 2.75) is 10.1 Å². The van der Waals surface area contributed by atoms with Gasteiger partial charge in [-0.05, 0) is 23.8 Å². The van der Waals surface area contributed by atoms with E-state index in [1.165, 1.54) is 46.9 Å². The highest BCUT2D eigenvalue weighted by Crippen LogP contribution is 2.29. The summed E-state index contributed by atoms with van der Waals surface area (Å²) in [6.45, 7) is 0. The van der Waals surface area contributed by atoms with Crippen LogP contribution in [0.5, 0.6) is 0 Å². The third kappa shape index (κ3) is 5.93. The molecule has 11 heteroatoms. The maximum absolute atomic E-state index is 12.4. The lowest BCUT2D eigenvalue weighted by Crippen LogP contribution is -2.13. The molecule has 0 aliphatic carbocycles. The van der Waals surface area contributed by atoms with E-state index in [4.69, 9.17) is 11.6 Å². The van der Waals surface area contributed by atoms with Gasteiger partial charge in [0.1, 0.15) is 0 Å². The first kappa shape index (κ1) is 20.6. The molecular weight excluding hydrogens is 440 g/mol. The molecule has 3 rings (SSSR count). The topological polar surface area (TPSA) is 101 Å². The molecule has 2 aromatic carbocycles. The van der Waals surface area contributed by atoms with E-state index >= 15 is 0 Å². The molecule has 0 saturated carbocycles. The Balaban J connectivity index is 1.62. The lowest BCUT2D eigenvalue weighted by atomic mass is 10.2. The Labute approximate surface area is 175 Å². The van der Waals surface area contributed by atoms with Crippen LogP contribution >= 0.6 is 34.7 Å². The molecule has 146 valence electrons. The molecule has 0 atom stereocenters. The predicted octanol–water partition coefficient (Wildman–Crippen LogP) is 4.11. The van der Waals surface area contributed by atoms with Crippen molar-refractivity contribution in [2.75, 3.05) is 16.3 Å². The van der Waals surface area contributed by atoms with E-state index in [-0.39, 0.29) is 16.3 Å². The number of rotatable bonds is 7. The number of carbonyl (C=O) groups is 1. The van der Waals surface area contributed by atoms with Crippen LogP contribution in [0, 0.1) is 0 Å². The zero-order chi connectivity index (χ0) is 20.1. The van der Waals surface area contributed by atoms with E-state index < -0.39 is 15.9 Å². The normalized spacial score (nSPS) is 11.2. The van der Waals surface area contributed by atoms with Crippen LogP contribution in [0.3, 0.4) is 0 Å². The van der Waals surface area contributed by atoms with Crippen molar-refractivity contribution in [2.24, 2.45) is 0 Å². The van der Waals surface area contributed by atoms with Crippen molar-refractivity contribution in [3.63, 3.8) is 0 Å². The summed E-state index contributed by atoms with van der Waals surface area (Å²) in [6, 6.07) is 14.2. The second-order valence-electron chi connectivity index (χ2n) is 5.67. The SMILES string of the molecule is CS(=O)(=O)Nc1ccc(C(=O)Nc2nnc(SCc3ccccc3)s2)c(Cl)c1. The van der Waals surface area contributed by atoms with Crippen molar-refractivity contribution in [3.8, 4) is 0 Å². The number of sulfonamides is 1. The van der Waals surface area contributed by atoms with Gasteiger partial charge in [-0.25, -0.2) is 8.42 Å². The largest absolute Gasteiger partial charge is 0.296 e. The molecule has 0 aliphatic heterocycles.